The Hall–Kier alpha value is -1.54. The maximum absolute atomic E-state index is 13.2. The number of rotatable bonds is 4. The van der Waals surface area contributed by atoms with Crippen molar-refractivity contribution in [1.29, 1.82) is 0 Å². The number of hydrogen-bond acceptors (Lipinski definition) is 1. The Morgan fingerprint density at radius 1 is 1.11 bits per heavy atom. The summed E-state index contributed by atoms with van der Waals surface area (Å²) in [5, 5.41) is 0. The van der Waals surface area contributed by atoms with Gasteiger partial charge in [-0.15, -0.1) is 11.6 Å². The molecule has 0 aromatic heterocycles. The van der Waals surface area contributed by atoms with Crippen molar-refractivity contribution in [3.8, 4) is 0 Å². The van der Waals surface area contributed by atoms with Gasteiger partial charge in [0.25, 0.3) is 0 Å². The molecule has 0 saturated heterocycles. The number of alkyl halides is 1. The molecule has 3 heteroatoms. The number of hydrogen-bond donors (Lipinski definition) is 0. The lowest BCUT2D eigenvalue weighted by Crippen LogP contribution is -2.11. The first-order valence-electron chi connectivity index (χ1n) is 6.32. The van der Waals surface area contributed by atoms with Gasteiger partial charge in [-0.25, -0.2) is 4.39 Å². The number of halogens is 2. The molecule has 19 heavy (non-hydrogen) atoms. The topological polar surface area (TPSA) is 3.24 Å². The first-order valence-corrected chi connectivity index (χ1v) is 6.86. The maximum Gasteiger partial charge on any atom is 0.123 e. The highest BCUT2D eigenvalue weighted by atomic mass is 35.5. The summed E-state index contributed by atoms with van der Waals surface area (Å²) in [6.07, 6.45) is 1.02. The Kier molecular flexibility index (Phi) is 4.43. The lowest BCUT2D eigenvalue weighted by molar-refractivity contribution is 0.626. The van der Waals surface area contributed by atoms with Gasteiger partial charge in [0.05, 0.1) is 0 Å². The van der Waals surface area contributed by atoms with Crippen molar-refractivity contribution in [2.75, 3.05) is 11.9 Å². The molecule has 0 radical (unpaired) electrons. The Bertz CT molecular complexity index is 551. The van der Waals surface area contributed by atoms with Crippen LogP contribution in [-0.2, 0) is 12.3 Å². The van der Waals surface area contributed by atoms with Gasteiger partial charge in [0.15, 0.2) is 0 Å². The average Bonchev–Trinajstić information content (AvgIpc) is 2.46. The Morgan fingerprint density at radius 2 is 1.79 bits per heavy atom. The number of aryl methyl sites for hydroxylation is 1. The maximum atomic E-state index is 13.2. The van der Waals surface area contributed by atoms with Gasteiger partial charge < -0.3 is 4.90 Å². The van der Waals surface area contributed by atoms with Crippen molar-refractivity contribution in [2.24, 2.45) is 0 Å². The third-order valence-electron chi connectivity index (χ3n) is 3.28. The molecule has 0 fully saturated rings. The van der Waals surface area contributed by atoms with Crippen LogP contribution in [0.25, 0.3) is 0 Å². The summed E-state index contributed by atoms with van der Waals surface area (Å²) < 4.78 is 13.2. The lowest BCUT2D eigenvalue weighted by Gasteiger charge is -2.22. The zero-order valence-electron chi connectivity index (χ0n) is 11.2. The van der Waals surface area contributed by atoms with E-state index in [4.69, 9.17) is 11.6 Å². The second-order valence-electron chi connectivity index (χ2n) is 4.49. The van der Waals surface area contributed by atoms with Crippen molar-refractivity contribution < 1.29 is 4.39 Å². The molecule has 0 aliphatic carbocycles. The summed E-state index contributed by atoms with van der Waals surface area (Å²) in [4.78, 5) is 2.02. The molecule has 1 nitrogen and oxygen atoms in total. The van der Waals surface area contributed by atoms with Crippen LogP contribution in [0, 0.1) is 5.82 Å². The molecule has 0 unspecified atom stereocenters. The number of nitrogens with zero attached hydrogens (tertiary/aromatic N) is 1. The molecule has 0 heterocycles. The predicted molar refractivity (Wildman–Crippen MR) is 79.8 cm³/mol. The van der Waals surface area contributed by atoms with Crippen molar-refractivity contribution in [3.63, 3.8) is 0 Å². The Morgan fingerprint density at radius 3 is 2.37 bits per heavy atom. The van der Waals surface area contributed by atoms with E-state index in [9.17, 15) is 4.39 Å². The number of anilines is 2. The number of benzene rings is 2. The zero-order valence-corrected chi connectivity index (χ0v) is 11.9. The minimum Gasteiger partial charge on any atom is -0.344 e. The van der Waals surface area contributed by atoms with Gasteiger partial charge in [-0.05, 0) is 47.9 Å². The molecule has 2 rings (SSSR count). The molecule has 0 amide bonds. The van der Waals surface area contributed by atoms with Crippen LogP contribution >= 0.6 is 11.6 Å². The summed E-state index contributed by atoms with van der Waals surface area (Å²) in [6, 6.07) is 13.1. The van der Waals surface area contributed by atoms with Gasteiger partial charge >= 0.3 is 0 Å². The van der Waals surface area contributed by atoms with Crippen molar-refractivity contribution >= 4 is 23.0 Å². The minimum absolute atomic E-state index is 0.255. The molecule has 2 aromatic carbocycles. The first-order chi connectivity index (χ1) is 9.15. The van der Waals surface area contributed by atoms with E-state index >= 15 is 0 Å². The summed E-state index contributed by atoms with van der Waals surface area (Å²) in [7, 11) is 1.96. The fourth-order valence-electron chi connectivity index (χ4n) is 2.08. The summed E-state index contributed by atoms with van der Waals surface area (Å²) >= 11 is 5.89. The summed E-state index contributed by atoms with van der Waals surface area (Å²) in [5.74, 6) is 0.0407. The van der Waals surface area contributed by atoms with Crippen molar-refractivity contribution in [2.45, 2.75) is 19.2 Å². The van der Waals surface area contributed by atoms with E-state index in [2.05, 4.69) is 31.2 Å². The van der Waals surface area contributed by atoms with Crippen LogP contribution in [0.15, 0.2) is 42.5 Å². The zero-order chi connectivity index (χ0) is 13.8. The second-order valence-corrected chi connectivity index (χ2v) is 4.75. The summed E-state index contributed by atoms with van der Waals surface area (Å²) in [5.41, 5.74) is 4.09. The third-order valence-corrected chi connectivity index (χ3v) is 3.57. The fourth-order valence-corrected chi connectivity index (χ4v) is 2.30. The van der Waals surface area contributed by atoms with Gasteiger partial charge in [0.1, 0.15) is 5.82 Å². The van der Waals surface area contributed by atoms with Gasteiger partial charge in [0.2, 0.25) is 0 Å². The molecule has 100 valence electrons. The molecular formula is C16H17ClFN. The van der Waals surface area contributed by atoms with E-state index in [-0.39, 0.29) is 5.82 Å². The molecule has 0 spiro atoms. The van der Waals surface area contributed by atoms with E-state index in [0.29, 0.717) is 5.88 Å². The molecule has 2 aromatic rings. The largest absolute Gasteiger partial charge is 0.344 e. The van der Waals surface area contributed by atoms with Crippen LogP contribution in [0.2, 0.25) is 0 Å². The van der Waals surface area contributed by atoms with Crippen LogP contribution in [0.1, 0.15) is 18.1 Å². The molecule has 0 atom stereocenters. The molecular weight excluding hydrogens is 261 g/mol. The van der Waals surface area contributed by atoms with Crippen LogP contribution in [0.5, 0.6) is 0 Å². The molecule has 0 aliphatic heterocycles. The van der Waals surface area contributed by atoms with E-state index < -0.39 is 0 Å². The molecule has 0 bridgehead atoms. The standard InChI is InChI=1S/C16H17ClFN/c1-3-12-4-7-15(8-5-12)19(2)16-9-6-14(18)10-13(16)11-17/h4-10H,3,11H2,1-2H3. The van der Waals surface area contributed by atoms with Crippen LogP contribution in [0.4, 0.5) is 15.8 Å². The van der Waals surface area contributed by atoms with Crippen molar-refractivity contribution in [1.82, 2.24) is 0 Å². The monoisotopic (exact) mass is 277 g/mol. The smallest absolute Gasteiger partial charge is 0.123 e. The van der Waals surface area contributed by atoms with Gasteiger partial charge in [0, 0.05) is 24.3 Å². The quantitative estimate of drug-likeness (QED) is 0.719. The van der Waals surface area contributed by atoms with Crippen molar-refractivity contribution in [3.05, 3.63) is 59.4 Å². The molecule has 0 N–H and O–H groups in total. The Balaban J connectivity index is 2.34. The molecule has 0 aliphatic rings. The van der Waals surface area contributed by atoms with Crippen LogP contribution < -0.4 is 4.90 Å². The van der Waals surface area contributed by atoms with Crippen LogP contribution in [-0.4, -0.2) is 7.05 Å². The predicted octanol–water partition coefficient (Wildman–Crippen LogP) is 4.89. The van der Waals surface area contributed by atoms with Gasteiger partial charge in [-0.3, -0.25) is 0 Å². The van der Waals surface area contributed by atoms with E-state index in [0.717, 1.165) is 23.4 Å². The normalized spacial score (nSPS) is 10.5. The fraction of sp³-hybridized carbons (Fsp3) is 0.250. The Labute approximate surface area is 118 Å². The lowest BCUT2D eigenvalue weighted by atomic mass is 10.1. The highest BCUT2D eigenvalue weighted by molar-refractivity contribution is 6.17. The SMILES string of the molecule is CCc1ccc(N(C)c2ccc(F)cc2CCl)cc1. The second kappa shape index (κ2) is 6.07. The average molecular weight is 278 g/mol. The van der Waals surface area contributed by atoms with E-state index in [1.165, 1.54) is 17.7 Å². The van der Waals surface area contributed by atoms with E-state index in [1.807, 2.05) is 11.9 Å². The van der Waals surface area contributed by atoms with E-state index in [1.54, 1.807) is 6.07 Å². The highest BCUT2D eigenvalue weighted by Crippen LogP contribution is 2.29. The summed E-state index contributed by atoms with van der Waals surface area (Å²) in [6.45, 7) is 2.13. The van der Waals surface area contributed by atoms with Gasteiger partial charge in [-0.2, -0.15) is 0 Å². The van der Waals surface area contributed by atoms with Crippen LogP contribution in [0.3, 0.4) is 0 Å². The first kappa shape index (κ1) is 13.9. The highest BCUT2D eigenvalue weighted by Gasteiger charge is 2.09. The van der Waals surface area contributed by atoms with Gasteiger partial charge in [-0.1, -0.05) is 19.1 Å². The molecule has 0 saturated carbocycles. The third kappa shape index (κ3) is 3.07. The minimum atomic E-state index is -0.255.